The molecule has 3 heteroatoms. The maximum absolute atomic E-state index is 6.05. The number of hydrogen-bond acceptors (Lipinski definition) is 2. The molecule has 0 saturated heterocycles. The minimum Gasteiger partial charge on any atom is -0.312 e. The summed E-state index contributed by atoms with van der Waals surface area (Å²) >= 11 is 7.93. The normalized spacial score (nSPS) is 18.1. The predicted molar refractivity (Wildman–Crippen MR) is 74.4 cm³/mol. The zero-order valence-corrected chi connectivity index (χ0v) is 11.2. The molecule has 0 atom stereocenters. The molecule has 16 heavy (non-hydrogen) atoms. The second-order valence-corrected chi connectivity index (χ2v) is 6.82. The summed E-state index contributed by atoms with van der Waals surface area (Å²) in [6.07, 6.45) is 2.99. The zero-order valence-electron chi connectivity index (χ0n) is 9.66. The van der Waals surface area contributed by atoms with Gasteiger partial charge in [0.25, 0.3) is 0 Å². The van der Waals surface area contributed by atoms with Gasteiger partial charge in [0.2, 0.25) is 0 Å². The summed E-state index contributed by atoms with van der Waals surface area (Å²) < 4.78 is 2.52. The third-order valence-electron chi connectivity index (χ3n) is 2.58. The Bertz CT molecular complexity index is 414. The van der Waals surface area contributed by atoms with Gasteiger partial charge >= 0.3 is 0 Å². The molecule has 1 aromatic rings. The highest BCUT2D eigenvalue weighted by atomic mass is 35.5. The van der Waals surface area contributed by atoms with Crippen molar-refractivity contribution in [2.24, 2.45) is 0 Å². The first kappa shape index (κ1) is 11.9. The lowest BCUT2D eigenvalue weighted by Crippen LogP contribution is -2.33. The SMILES string of the molecule is C=CCN1SC(C)(C)Cc2cc(Cl)ccc21. The summed E-state index contributed by atoms with van der Waals surface area (Å²) in [7, 11) is 0. The minimum atomic E-state index is 0.223. The second kappa shape index (κ2) is 4.34. The van der Waals surface area contributed by atoms with Crippen molar-refractivity contribution in [3.8, 4) is 0 Å². The van der Waals surface area contributed by atoms with Crippen LogP contribution in [0.15, 0.2) is 30.9 Å². The van der Waals surface area contributed by atoms with Crippen LogP contribution in [0.1, 0.15) is 19.4 Å². The Morgan fingerprint density at radius 2 is 2.31 bits per heavy atom. The molecule has 1 aliphatic rings. The van der Waals surface area contributed by atoms with E-state index in [2.05, 4.69) is 36.9 Å². The molecule has 1 heterocycles. The first-order valence-corrected chi connectivity index (χ1v) is 6.53. The van der Waals surface area contributed by atoms with Gasteiger partial charge in [0.15, 0.2) is 0 Å². The Morgan fingerprint density at radius 1 is 1.56 bits per heavy atom. The summed E-state index contributed by atoms with van der Waals surface area (Å²) in [6, 6.07) is 6.13. The molecule has 0 N–H and O–H groups in total. The standard InChI is InChI=1S/C13H16ClNS/c1-4-7-15-12-6-5-11(14)8-10(12)9-13(2,3)16-15/h4-6,8H,1,7,9H2,2-3H3. The Balaban J connectivity index is 2.42. The van der Waals surface area contributed by atoms with Gasteiger partial charge in [-0.15, -0.1) is 6.58 Å². The van der Waals surface area contributed by atoms with Crippen LogP contribution in [0.5, 0.6) is 0 Å². The molecular formula is C13H16ClNS. The smallest absolute Gasteiger partial charge is 0.0507 e. The molecule has 0 bridgehead atoms. The van der Waals surface area contributed by atoms with Crippen LogP contribution in [-0.4, -0.2) is 11.3 Å². The van der Waals surface area contributed by atoms with Gasteiger partial charge in [0, 0.05) is 16.3 Å². The van der Waals surface area contributed by atoms with E-state index in [9.17, 15) is 0 Å². The van der Waals surface area contributed by atoms with Gasteiger partial charge in [-0.25, -0.2) is 0 Å². The summed E-state index contributed by atoms with van der Waals surface area (Å²) in [6.45, 7) is 9.20. The molecule has 0 unspecified atom stereocenters. The zero-order chi connectivity index (χ0) is 11.8. The van der Waals surface area contributed by atoms with Gasteiger partial charge in [-0.2, -0.15) is 0 Å². The molecule has 2 rings (SSSR count). The van der Waals surface area contributed by atoms with Crippen LogP contribution in [0.2, 0.25) is 5.02 Å². The van der Waals surface area contributed by atoms with Crippen molar-refractivity contribution in [1.29, 1.82) is 0 Å². The second-order valence-electron chi connectivity index (χ2n) is 4.65. The van der Waals surface area contributed by atoms with E-state index in [1.807, 2.05) is 24.1 Å². The number of hydrogen-bond donors (Lipinski definition) is 0. The highest BCUT2D eigenvalue weighted by Gasteiger charge is 2.30. The van der Waals surface area contributed by atoms with Crippen molar-refractivity contribution in [3.05, 3.63) is 41.4 Å². The van der Waals surface area contributed by atoms with Crippen molar-refractivity contribution in [2.45, 2.75) is 25.0 Å². The van der Waals surface area contributed by atoms with Crippen LogP contribution in [0.4, 0.5) is 5.69 Å². The van der Waals surface area contributed by atoms with Gasteiger partial charge in [-0.05, 0) is 56.0 Å². The van der Waals surface area contributed by atoms with E-state index in [1.165, 1.54) is 11.3 Å². The van der Waals surface area contributed by atoms with Crippen LogP contribution >= 0.6 is 23.5 Å². The van der Waals surface area contributed by atoms with Crippen molar-refractivity contribution in [2.75, 3.05) is 10.8 Å². The predicted octanol–water partition coefficient (Wildman–Crippen LogP) is 4.32. The molecule has 0 radical (unpaired) electrons. The topological polar surface area (TPSA) is 3.24 Å². The van der Waals surface area contributed by atoms with E-state index in [1.54, 1.807) is 0 Å². The summed E-state index contributed by atoms with van der Waals surface area (Å²) in [5.41, 5.74) is 2.60. The molecule has 0 fully saturated rings. The average molecular weight is 254 g/mol. The Hall–Kier alpha value is -0.600. The van der Waals surface area contributed by atoms with Crippen molar-refractivity contribution < 1.29 is 0 Å². The third kappa shape index (κ3) is 2.38. The van der Waals surface area contributed by atoms with E-state index in [-0.39, 0.29) is 4.75 Å². The Kier molecular flexibility index (Phi) is 3.22. The van der Waals surface area contributed by atoms with E-state index >= 15 is 0 Å². The molecular weight excluding hydrogens is 238 g/mol. The van der Waals surface area contributed by atoms with E-state index < -0.39 is 0 Å². The largest absolute Gasteiger partial charge is 0.312 e. The number of fused-ring (bicyclic) bond motifs is 1. The monoisotopic (exact) mass is 253 g/mol. The molecule has 0 spiro atoms. The lowest BCUT2D eigenvalue weighted by Gasteiger charge is -2.39. The lowest BCUT2D eigenvalue weighted by atomic mass is 10.00. The molecule has 0 saturated carbocycles. The van der Waals surface area contributed by atoms with Crippen LogP contribution < -0.4 is 4.31 Å². The molecule has 1 nitrogen and oxygen atoms in total. The number of anilines is 1. The van der Waals surface area contributed by atoms with Crippen molar-refractivity contribution >= 4 is 29.2 Å². The van der Waals surface area contributed by atoms with Crippen LogP contribution in [0.25, 0.3) is 0 Å². The van der Waals surface area contributed by atoms with E-state index in [0.29, 0.717) is 0 Å². The van der Waals surface area contributed by atoms with E-state index in [0.717, 1.165) is 18.0 Å². The minimum absolute atomic E-state index is 0.223. The number of benzene rings is 1. The van der Waals surface area contributed by atoms with Crippen LogP contribution in [0.3, 0.4) is 0 Å². The highest BCUT2D eigenvalue weighted by Crippen LogP contribution is 2.43. The third-order valence-corrected chi connectivity index (χ3v) is 4.02. The first-order valence-electron chi connectivity index (χ1n) is 5.38. The molecule has 0 amide bonds. The highest BCUT2D eigenvalue weighted by molar-refractivity contribution is 8.02. The van der Waals surface area contributed by atoms with Crippen molar-refractivity contribution in [3.63, 3.8) is 0 Å². The van der Waals surface area contributed by atoms with Gasteiger partial charge in [0.05, 0.1) is 5.69 Å². The maximum Gasteiger partial charge on any atom is 0.0507 e. The van der Waals surface area contributed by atoms with E-state index in [4.69, 9.17) is 11.6 Å². The van der Waals surface area contributed by atoms with Gasteiger partial charge < -0.3 is 4.31 Å². The summed E-state index contributed by atoms with van der Waals surface area (Å²) in [4.78, 5) is 0. The van der Waals surface area contributed by atoms with Crippen LogP contribution in [0, 0.1) is 0 Å². The van der Waals surface area contributed by atoms with Gasteiger partial charge in [0.1, 0.15) is 0 Å². The Morgan fingerprint density at radius 3 is 3.00 bits per heavy atom. The van der Waals surface area contributed by atoms with Gasteiger partial charge in [-0.3, -0.25) is 0 Å². The molecule has 0 aromatic heterocycles. The molecule has 1 aliphatic heterocycles. The molecule has 86 valence electrons. The first-order chi connectivity index (χ1) is 7.52. The summed E-state index contributed by atoms with van der Waals surface area (Å²) in [5, 5.41) is 0.819. The fourth-order valence-electron chi connectivity index (χ4n) is 2.03. The van der Waals surface area contributed by atoms with Gasteiger partial charge in [-0.1, -0.05) is 17.7 Å². The number of nitrogens with zero attached hydrogens (tertiary/aromatic N) is 1. The van der Waals surface area contributed by atoms with Crippen molar-refractivity contribution in [1.82, 2.24) is 0 Å². The average Bonchev–Trinajstić information content (AvgIpc) is 2.15. The molecule has 0 aliphatic carbocycles. The number of halogens is 1. The fourth-order valence-corrected chi connectivity index (χ4v) is 3.50. The Labute approximate surface area is 107 Å². The summed E-state index contributed by atoms with van der Waals surface area (Å²) in [5.74, 6) is 0. The lowest BCUT2D eigenvalue weighted by molar-refractivity contribution is 0.695. The van der Waals surface area contributed by atoms with Crippen LogP contribution in [-0.2, 0) is 6.42 Å². The number of rotatable bonds is 2. The maximum atomic E-state index is 6.05. The molecule has 1 aromatic carbocycles. The quantitative estimate of drug-likeness (QED) is 0.571. The fraction of sp³-hybridized carbons (Fsp3) is 0.385.